The van der Waals surface area contributed by atoms with Crippen molar-refractivity contribution >= 4 is 11.6 Å². The molecule has 0 radical (unpaired) electrons. The third-order valence-electron chi connectivity index (χ3n) is 2.43. The van der Waals surface area contributed by atoms with Crippen LogP contribution in [0.5, 0.6) is 0 Å². The fraction of sp³-hybridized carbons (Fsp3) is 0.417. The molecule has 0 aliphatic carbocycles. The number of hydrogen-bond acceptors (Lipinski definition) is 3. The number of benzene rings is 1. The smallest absolute Gasteiger partial charge is 0.253 e. The Bertz CT molecular complexity index is 364. The molecule has 1 amide bonds. The van der Waals surface area contributed by atoms with Crippen molar-refractivity contribution in [2.75, 3.05) is 12.4 Å². The number of carbonyl (C=O) groups excluding carboxylic acids is 1. The summed E-state index contributed by atoms with van der Waals surface area (Å²) in [5, 5.41) is 2.80. The van der Waals surface area contributed by atoms with Gasteiger partial charge in [0.05, 0.1) is 0 Å². The van der Waals surface area contributed by atoms with Crippen molar-refractivity contribution < 1.29 is 9.53 Å². The summed E-state index contributed by atoms with van der Waals surface area (Å²) in [4.78, 5) is 11.6. The van der Waals surface area contributed by atoms with E-state index in [1.807, 2.05) is 31.2 Å². The van der Waals surface area contributed by atoms with Crippen molar-refractivity contribution in [1.82, 2.24) is 0 Å². The molecule has 0 saturated heterocycles. The first-order valence-corrected chi connectivity index (χ1v) is 5.24. The summed E-state index contributed by atoms with van der Waals surface area (Å²) in [6.07, 6.45) is -0.471. The summed E-state index contributed by atoms with van der Waals surface area (Å²) in [7, 11) is 1.50. The van der Waals surface area contributed by atoms with Gasteiger partial charge in [-0.3, -0.25) is 4.79 Å². The van der Waals surface area contributed by atoms with Gasteiger partial charge in [0.1, 0.15) is 6.10 Å². The summed E-state index contributed by atoms with van der Waals surface area (Å²) in [5.41, 5.74) is 7.47. The number of hydrogen-bond donors (Lipinski definition) is 2. The summed E-state index contributed by atoms with van der Waals surface area (Å²) < 4.78 is 4.94. The van der Waals surface area contributed by atoms with Gasteiger partial charge in [0.15, 0.2) is 0 Å². The number of rotatable bonds is 4. The number of amides is 1. The number of para-hydroxylation sites is 1. The second-order valence-electron chi connectivity index (χ2n) is 3.74. The fourth-order valence-corrected chi connectivity index (χ4v) is 1.35. The Morgan fingerprint density at radius 1 is 1.38 bits per heavy atom. The van der Waals surface area contributed by atoms with Gasteiger partial charge in [-0.05, 0) is 25.5 Å². The van der Waals surface area contributed by atoms with Crippen LogP contribution < -0.4 is 11.1 Å². The summed E-state index contributed by atoms with van der Waals surface area (Å²) in [5.74, 6) is -0.171. The van der Waals surface area contributed by atoms with Gasteiger partial charge in [0.2, 0.25) is 0 Å². The minimum Gasteiger partial charge on any atom is -0.372 e. The lowest BCUT2D eigenvalue weighted by atomic mass is 10.1. The molecule has 3 N–H and O–H groups in total. The van der Waals surface area contributed by atoms with Crippen LogP contribution in [0.2, 0.25) is 0 Å². The van der Waals surface area contributed by atoms with E-state index in [9.17, 15) is 4.79 Å². The van der Waals surface area contributed by atoms with Crippen LogP contribution in [0.15, 0.2) is 24.3 Å². The lowest BCUT2D eigenvalue weighted by molar-refractivity contribution is -0.124. The first-order valence-electron chi connectivity index (χ1n) is 5.24. The SMILES string of the molecule is COC(C)C(=O)Nc1ccccc1C(C)N. The third-order valence-corrected chi connectivity index (χ3v) is 2.43. The molecule has 2 unspecified atom stereocenters. The monoisotopic (exact) mass is 222 g/mol. The van der Waals surface area contributed by atoms with Crippen LogP contribution in [-0.4, -0.2) is 19.1 Å². The van der Waals surface area contributed by atoms with Crippen LogP contribution in [0.25, 0.3) is 0 Å². The van der Waals surface area contributed by atoms with Gasteiger partial charge in [-0.1, -0.05) is 18.2 Å². The normalized spacial score (nSPS) is 14.2. The lowest BCUT2D eigenvalue weighted by Crippen LogP contribution is -2.27. The Labute approximate surface area is 95.8 Å². The maximum Gasteiger partial charge on any atom is 0.253 e. The van der Waals surface area contributed by atoms with Crippen molar-refractivity contribution in [1.29, 1.82) is 0 Å². The van der Waals surface area contributed by atoms with E-state index >= 15 is 0 Å². The molecule has 0 saturated carbocycles. The zero-order valence-corrected chi connectivity index (χ0v) is 9.86. The van der Waals surface area contributed by atoms with E-state index in [-0.39, 0.29) is 11.9 Å². The van der Waals surface area contributed by atoms with Gasteiger partial charge in [0, 0.05) is 18.8 Å². The van der Waals surface area contributed by atoms with Crippen LogP contribution in [0, 0.1) is 0 Å². The van der Waals surface area contributed by atoms with Crippen LogP contribution >= 0.6 is 0 Å². The largest absolute Gasteiger partial charge is 0.372 e. The zero-order chi connectivity index (χ0) is 12.1. The molecule has 0 spiro atoms. The molecule has 1 rings (SSSR count). The average Bonchev–Trinajstić information content (AvgIpc) is 2.28. The number of nitrogens with one attached hydrogen (secondary N) is 1. The molecule has 16 heavy (non-hydrogen) atoms. The standard InChI is InChI=1S/C12H18N2O2/c1-8(13)10-6-4-5-7-11(10)14-12(15)9(2)16-3/h4-9H,13H2,1-3H3,(H,14,15). The summed E-state index contributed by atoms with van der Waals surface area (Å²) in [6.45, 7) is 3.58. The van der Waals surface area contributed by atoms with Crippen molar-refractivity contribution in [2.24, 2.45) is 5.73 Å². The van der Waals surface area contributed by atoms with E-state index in [0.29, 0.717) is 0 Å². The van der Waals surface area contributed by atoms with Crippen molar-refractivity contribution in [3.05, 3.63) is 29.8 Å². The molecule has 0 fully saturated rings. The van der Waals surface area contributed by atoms with Crippen molar-refractivity contribution in [3.8, 4) is 0 Å². The number of carbonyl (C=O) groups is 1. The Morgan fingerprint density at radius 3 is 2.56 bits per heavy atom. The van der Waals surface area contributed by atoms with E-state index in [0.717, 1.165) is 11.3 Å². The van der Waals surface area contributed by atoms with Gasteiger partial charge in [0.25, 0.3) is 5.91 Å². The fourth-order valence-electron chi connectivity index (χ4n) is 1.35. The average molecular weight is 222 g/mol. The Balaban J connectivity index is 2.84. The minimum absolute atomic E-state index is 0.116. The Hall–Kier alpha value is -1.39. The molecule has 0 aliphatic heterocycles. The molecular weight excluding hydrogens is 204 g/mol. The molecule has 2 atom stereocenters. The first-order chi connectivity index (χ1) is 7.56. The quantitative estimate of drug-likeness (QED) is 0.814. The van der Waals surface area contributed by atoms with E-state index < -0.39 is 6.10 Å². The summed E-state index contributed by atoms with van der Waals surface area (Å²) >= 11 is 0. The number of nitrogens with two attached hydrogens (primary N) is 1. The van der Waals surface area contributed by atoms with Gasteiger partial charge >= 0.3 is 0 Å². The maximum atomic E-state index is 11.6. The third kappa shape index (κ3) is 3.05. The summed E-state index contributed by atoms with van der Waals surface area (Å²) in [6, 6.07) is 7.37. The number of ether oxygens (including phenoxy) is 1. The Morgan fingerprint density at radius 2 is 2.00 bits per heavy atom. The predicted molar refractivity (Wildman–Crippen MR) is 64.1 cm³/mol. The van der Waals surface area contributed by atoms with E-state index in [1.165, 1.54) is 7.11 Å². The predicted octanol–water partition coefficient (Wildman–Crippen LogP) is 1.68. The second kappa shape index (κ2) is 5.63. The number of methoxy groups -OCH3 is 1. The minimum atomic E-state index is -0.471. The molecule has 4 heteroatoms. The van der Waals surface area contributed by atoms with E-state index in [2.05, 4.69) is 5.32 Å². The van der Waals surface area contributed by atoms with Crippen LogP contribution in [0.1, 0.15) is 25.5 Å². The molecule has 0 aromatic heterocycles. The highest BCUT2D eigenvalue weighted by atomic mass is 16.5. The number of anilines is 1. The molecule has 0 aliphatic rings. The van der Waals surface area contributed by atoms with Gasteiger partial charge in [-0.15, -0.1) is 0 Å². The van der Waals surface area contributed by atoms with E-state index in [4.69, 9.17) is 10.5 Å². The molecule has 1 aromatic carbocycles. The van der Waals surface area contributed by atoms with Gasteiger partial charge in [-0.25, -0.2) is 0 Å². The molecule has 0 bridgehead atoms. The Kier molecular flexibility index (Phi) is 4.46. The topological polar surface area (TPSA) is 64.3 Å². The first kappa shape index (κ1) is 12.7. The highest BCUT2D eigenvalue weighted by molar-refractivity contribution is 5.94. The van der Waals surface area contributed by atoms with Crippen LogP contribution in [0.3, 0.4) is 0 Å². The van der Waals surface area contributed by atoms with Crippen LogP contribution in [0.4, 0.5) is 5.69 Å². The van der Waals surface area contributed by atoms with Crippen molar-refractivity contribution in [2.45, 2.75) is 26.0 Å². The van der Waals surface area contributed by atoms with Crippen molar-refractivity contribution in [3.63, 3.8) is 0 Å². The molecule has 4 nitrogen and oxygen atoms in total. The van der Waals surface area contributed by atoms with Gasteiger partial charge in [-0.2, -0.15) is 0 Å². The molecule has 1 aromatic rings. The molecular formula is C12H18N2O2. The highest BCUT2D eigenvalue weighted by Gasteiger charge is 2.14. The second-order valence-corrected chi connectivity index (χ2v) is 3.74. The lowest BCUT2D eigenvalue weighted by Gasteiger charge is -2.15. The maximum absolute atomic E-state index is 11.6. The van der Waals surface area contributed by atoms with E-state index in [1.54, 1.807) is 6.92 Å². The van der Waals surface area contributed by atoms with Gasteiger partial charge < -0.3 is 15.8 Å². The van der Waals surface area contributed by atoms with Crippen LogP contribution in [-0.2, 0) is 9.53 Å². The molecule has 0 heterocycles. The molecule has 88 valence electrons. The zero-order valence-electron chi connectivity index (χ0n) is 9.86. The highest BCUT2D eigenvalue weighted by Crippen LogP contribution is 2.20.